The minimum Gasteiger partial charge on any atom is -0.309 e. The van der Waals surface area contributed by atoms with E-state index in [9.17, 15) is 0 Å². The Bertz CT molecular complexity index is 4000. The van der Waals surface area contributed by atoms with Crippen LogP contribution in [-0.2, 0) is 10.8 Å². The van der Waals surface area contributed by atoms with Gasteiger partial charge >= 0.3 is 0 Å². The molecule has 320 valence electrons. The summed E-state index contributed by atoms with van der Waals surface area (Å²) < 4.78 is 7.65. The third-order valence-electron chi connectivity index (χ3n) is 15.1. The molecule has 0 aliphatic carbocycles. The van der Waals surface area contributed by atoms with Crippen LogP contribution >= 0.6 is 0 Å². The number of rotatable bonds is 3. The minimum atomic E-state index is -0.0453. The Balaban J connectivity index is 1.19. The first-order valence-electron chi connectivity index (χ1n) is 23.8. The van der Waals surface area contributed by atoms with Crippen LogP contribution < -0.4 is 21.3 Å². The van der Waals surface area contributed by atoms with Crippen molar-refractivity contribution in [1.29, 1.82) is 0 Å². The zero-order valence-corrected chi connectivity index (χ0v) is 38.8. The maximum absolute atomic E-state index is 2.66. The Kier molecular flexibility index (Phi) is 7.71. The average Bonchev–Trinajstić information content (AvgIpc) is 3.99. The molecule has 0 N–H and O–H groups in total. The zero-order chi connectivity index (χ0) is 45.1. The van der Waals surface area contributed by atoms with Gasteiger partial charge in [-0.2, -0.15) is 0 Å². The van der Waals surface area contributed by atoms with Crippen molar-refractivity contribution in [3.05, 3.63) is 199 Å². The molecule has 0 saturated heterocycles. The quantitative estimate of drug-likeness (QED) is 0.162. The van der Waals surface area contributed by atoms with Crippen LogP contribution in [0.2, 0.25) is 0 Å². The molecule has 14 rings (SSSR count). The SMILES string of the molecule is CC(C)(C)c1ccc(N2c3ccc(C(C)(C)C)cc3B3c4c(ccc(-n5c6ccccc6c6ccccc65)c42)-n2c4c3cccc4c3ccc4c(c5ccccc5n4-c4ccccc4)c32)cc1. The molecule has 2 aliphatic heterocycles. The number of hydrogen-bond donors (Lipinski definition) is 0. The zero-order valence-electron chi connectivity index (χ0n) is 38.8. The van der Waals surface area contributed by atoms with Crippen LogP contribution in [0.5, 0.6) is 0 Å². The lowest BCUT2D eigenvalue weighted by Crippen LogP contribution is -2.60. The van der Waals surface area contributed by atoms with Crippen LogP contribution in [0.1, 0.15) is 52.7 Å². The Hall–Kier alpha value is -7.76. The van der Waals surface area contributed by atoms with Crippen LogP contribution in [0.15, 0.2) is 188 Å². The molecule has 0 spiro atoms. The topological polar surface area (TPSA) is 18.0 Å². The second-order valence-corrected chi connectivity index (χ2v) is 20.9. The van der Waals surface area contributed by atoms with E-state index < -0.39 is 0 Å². The molecule has 0 fully saturated rings. The summed E-state index contributed by atoms with van der Waals surface area (Å²) in [5.41, 5.74) is 21.2. The Morgan fingerprint density at radius 3 is 1.61 bits per heavy atom. The number of para-hydroxylation sites is 5. The van der Waals surface area contributed by atoms with Gasteiger partial charge in [0.15, 0.2) is 0 Å². The predicted molar refractivity (Wildman–Crippen MR) is 286 cm³/mol. The van der Waals surface area contributed by atoms with Crippen molar-refractivity contribution in [3.63, 3.8) is 0 Å². The molecule has 2 aliphatic rings. The van der Waals surface area contributed by atoms with Gasteiger partial charge in [0, 0.05) is 60.6 Å². The highest BCUT2D eigenvalue weighted by Gasteiger charge is 2.44. The van der Waals surface area contributed by atoms with E-state index in [-0.39, 0.29) is 17.5 Å². The fourth-order valence-corrected chi connectivity index (χ4v) is 12.1. The van der Waals surface area contributed by atoms with E-state index in [0.717, 1.165) is 11.4 Å². The van der Waals surface area contributed by atoms with E-state index >= 15 is 0 Å². The molecular weight excluding hydrogens is 812 g/mol. The summed E-state index contributed by atoms with van der Waals surface area (Å²) in [7, 11) is 0. The van der Waals surface area contributed by atoms with Crippen LogP contribution in [0.25, 0.3) is 82.5 Å². The second kappa shape index (κ2) is 13.4. The van der Waals surface area contributed by atoms with Gasteiger partial charge < -0.3 is 18.6 Å². The maximum Gasteiger partial charge on any atom is 0.252 e. The lowest BCUT2D eigenvalue weighted by atomic mass is 9.33. The molecule has 5 heteroatoms. The molecule has 4 nitrogen and oxygen atoms in total. The lowest BCUT2D eigenvalue weighted by Gasteiger charge is -2.42. The van der Waals surface area contributed by atoms with Gasteiger partial charge in [0.2, 0.25) is 0 Å². The van der Waals surface area contributed by atoms with E-state index in [2.05, 4.69) is 248 Å². The fraction of sp³-hybridized carbons (Fsp3) is 0.129. The van der Waals surface area contributed by atoms with Gasteiger partial charge in [-0.05, 0) is 105 Å². The Morgan fingerprint density at radius 1 is 0.358 bits per heavy atom. The highest BCUT2D eigenvalue weighted by Crippen LogP contribution is 2.48. The Labute approximate surface area is 391 Å². The summed E-state index contributed by atoms with van der Waals surface area (Å²) in [6.07, 6.45) is 0. The molecule has 9 aromatic carbocycles. The third-order valence-corrected chi connectivity index (χ3v) is 15.1. The number of hydrogen-bond acceptors (Lipinski definition) is 1. The predicted octanol–water partition coefficient (Wildman–Crippen LogP) is 14.2. The number of benzene rings is 9. The number of nitrogens with zero attached hydrogens (tertiary/aromatic N) is 4. The van der Waals surface area contributed by atoms with Gasteiger partial charge in [0.25, 0.3) is 6.71 Å². The second-order valence-electron chi connectivity index (χ2n) is 20.9. The molecule has 0 radical (unpaired) electrons. The van der Waals surface area contributed by atoms with Crippen molar-refractivity contribution in [2.75, 3.05) is 4.90 Å². The van der Waals surface area contributed by atoms with Gasteiger partial charge in [-0.25, -0.2) is 0 Å². The van der Waals surface area contributed by atoms with Crippen LogP contribution in [0, 0.1) is 0 Å². The summed E-state index contributed by atoms with van der Waals surface area (Å²) in [6.45, 7) is 13.9. The van der Waals surface area contributed by atoms with E-state index in [4.69, 9.17) is 0 Å². The molecule has 12 aromatic rings. The monoisotopic (exact) mass is 860 g/mol. The molecule has 0 saturated carbocycles. The van der Waals surface area contributed by atoms with Crippen LogP contribution in [-0.4, -0.2) is 20.4 Å². The largest absolute Gasteiger partial charge is 0.309 e. The van der Waals surface area contributed by atoms with Crippen molar-refractivity contribution in [2.24, 2.45) is 0 Å². The molecular formula is C62H49BN4. The molecule has 0 atom stereocenters. The number of fused-ring (bicyclic) bond motifs is 14. The smallest absolute Gasteiger partial charge is 0.252 e. The number of aromatic nitrogens is 3. The average molecular weight is 861 g/mol. The van der Waals surface area contributed by atoms with Crippen molar-refractivity contribution in [3.8, 4) is 17.1 Å². The highest BCUT2D eigenvalue weighted by molar-refractivity contribution is 7.00. The summed E-state index contributed by atoms with van der Waals surface area (Å²) in [4.78, 5) is 2.61. The van der Waals surface area contributed by atoms with Crippen molar-refractivity contribution in [1.82, 2.24) is 13.7 Å². The number of anilines is 3. The highest BCUT2D eigenvalue weighted by atomic mass is 15.2. The van der Waals surface area contributed by atoms with Gasteiger partial charge in [0.1, 0.15) is 0 Å². The third kappa shape index (κ3) is 5.20. The van der Waals surface area contributed by atoms with Crippen molar-refractivity contribution in [2.45, 2.75) is 52.4 Å². The molecule has 0 unspecified atom stereocenters. The normalized spacial score (nSPS) is 13.5. The maximum atomic E-state index is 2.66. The first-order valence-corrected chi connectivity index (χ1v) is 23.8. The van der Waals surface area contributed by atoms with Gasteiger partial charge in [-0.1, -0.05) is 163 Å². The van der Waals surface area contributed by atoms with E-state index in [1.807, 2.05) is 0 Å². The van der Waals surface area contributed by atoms with Gasteiger partial charge in [-0.3, -0.25) is 0 Å². The molecule has 3 aromatic heterocycles. The lowest BCUT2D eigenvalue weighted by molar-refractivity contribution is 0.590. The minimum absolute atomic E-state index is 0.0185. The summed E-state index contributed by atoms with van der Waals surface area (Å²) in [5.74, 6) is 0. The molecule has 67 heavy (non-hydrogen) atoms. The van der Waals surface area contributed by atoms with Crippen LogP contribution in [0.4, 0.5) is 17.1 Å². The van der Waals surface area contributed by atoms with Crippen LogP contribution in [0.3, 0.4) is 0 Å². The first kappa shape index (κ1) is 38.5. The van der Waals surface area contributed by atoms with Gasteiger partial charge in [-0.15, -0.1) is 0 Å². The summed E-state index contributed by atoms with van der Waals surface area (Å²) >= 11 is 0. The van der Waals surface area contributed by atoms with E-state index in [1.165, 1.54) is 116 Å². The molecule has 0 amide bonds. The van der Waals surface area contributed by atoms with E-state index in [1.54, 1.807) is 0 Å². The fourth-order valence-electron chi connectivity index (χ4n) is 12.1. The Morgan fingerprint density at radius 2 is 0.925 bits per heavy atom. The summed E-state index contributed by atoms with van der Waals surface area (Å²) in [5, 5.41) is 7.61. The van der Waals surface area contributed by atoms with Crippen molar-refractivity contribution >= 4 is 106 Å². The first-order chi connectivity index (χ1) is 32.6. The molecule has 5 heterocycles. The standard InChI is InChI=1S/C62H49BN4/c1-61(2,3)38-27-30-41(31-28-38)65-52-33-29-39(62(4,5)6)37-48(52)63-47-23-16-22-44-45-32-34-53-56(46-21-12-15-26-51(46)64(53)40-17-8-7-9-18-40)59(45)67(58(44)47)54-35-36-55(60(65)57(54)63)66-49-24-13-10-19-42(49)43-20-11-14-25-50(43)66/h7-37H,1-6H3. The van der Waals surface area contributed by atoms with Crippen molar-refractivity contribution < 1.29 is 0 Å². The molecule has 0 bridgehead atoms. The summed E-state index contributed by atoms with van der Waals surface area (Å²) in [6, 6.07) is 71.2. The van der Waals surface area contributed by atoms with Gasteiger partial charge in [0.05, 0.1) is 39.0 Å². The van der Waals surface area contributed by atoms with E-state index in [0.29, 0.717) is 0 Å².